The molecule has 2 fully saturated rings. The number of nitrogens with zero attached hydrogens (tertiary/aromatic N) is 4. The normalized spacial score (nSPS) is 18.9. The molecule has 2 aliphatic carbocycles. The van der Waals surface area contributed by atoms with Gasteiger partial charge in [0, 0.05) is 31.9 Å². The van der Waals surface area contributed by atoms with Crippen LogP contribution < -0.4 is 5.32 Å². The molecule has 2 aliphatic rings. The van der Waals surface area contributed by atoms with E-state index in [4.69, 9.17) is 0 Å². The summed E-state index contributed by atoms with van der Waals surface area (Å²) < 4.78 is 2.01. The largest absolute Gasteiger partial charge is 0.311 e. The Morgan fingerprint density at radius 2 is 2.14 bits per heavy atom. The molecular formula is C16H29N5. The maximum atomic E-state index is 4.26. The summed E-state index contributed by atoms with van der Waals surface area (Å²) in [5, 5.41) is 11.9. The molecule has 2 saturated carbocycles. The molecule has 0 radical (unpaired) electrons. The molecule has 0 aromatic carbocycles. The van der Waals surface area contributed by atoms with E-state index >= 15 is 0 Å². The summed E-state index contributed by atoms with van der Waals surface area (Å²) in [7, 11) is 0. The van der Waals surface area contributed by atoms with Crippen LogP contribution in [0.15, 0.2) is 6.20 Å². The second-order valence-corrected chi connectivity index (χ2v) is 7.17. The molecule has 0 atom stereocenters. The predicted octanol–water partition coefficient (Wildman–Crippen LogP) is 1.90. The lowest BCUT2D eigenvalue weighted by Crippen LogP contribution is -2.31. The Balaban J connectivity index is 1.40. The fourth-order valence-electron chi connectivity index (χ4n) is 2.74. The van der Waals surface area contributed by atoms with Crippen LogP contribution in [0.5, 0.6) is 0 Å². The van der Waals surface area contributed by atoms with E-state index in [0.29, 0.717) is 5.92 Å². The molecule has 118 valence electrons. The summed E-state index contributed by atoms with van der Waals surface area (Å²) in [5.74, 6) is 1.66. The molecule has 0 saturated heterocycles. The zero-order chi connectivity index (χ0) is 14.7. The summed E-state index contributed by atoms with van der Waals surface area (Å²) in [4.78, 5) is 2.68. The molecule has 1 heterocycles. The second kappa shape index (κ2) is 6.88. The third kappa shape index (κ3) is 5.08. The van der Waals surface area contributed by atoms with Gasteiger partial charge in [0.05, 0.1) is 12.2 Å². The van der Waals surface area contributed by atoms with E-state index in [-0.39, 0.29) is 0 Å². The van der Waals surface area contributed by atoms with Gasteiger partial charge in [-0.1, -0.05) is 19.1 Å². The van der Waals surface area contributed by atoms with Gasteiger partial charge in [-0.3, -0.25) is 9.58 Å². The Bertz CT molecular complexity index is 434. The van der Waals surface area contributed by atoms with Crippen LogP contribution in [0.2, 0.25) is 0 Å². The maximum absolute atomic E-state index is 4.26. The summed E-state index contributed by atoms with van der Waals surface area (Å²) in [6, 6.07) is 0.862. The number of aromatic nitrogens is 3. The van der Waals surface area contributed by atoms with Gasteiger partial charge < -0.3 is 5.32 Å². The van der Waals surface area contributed by atoms with E-state index < -0.39 is 0 Å². The van der Waals surface area contributed by atoms with Crippen molar-refractivity contribution in [3.8, 4) is 0 Å². The Labute approximate surface area is 128 Å². The highest BCUT2D eigenvalue weighted by atomic mass is 15.4. The molecule has 1 aromatic heterocycles. The van der Waals surface area contributed by atoms with Crippen molar-refractivity contribution in [3.63, 3.8) is 0 Å². The minimum absolute atomic E-state index is 0.676. The SMILES string of the molecule is CC(C)CNCc1cn(CCN(CC2CC2)C2CC2)nn1. The molecule has 0 unspecified atom stereocenters. The summed E-state index contributed by atoms with van der Waals surface area (Å²) in [5.41, 5.74) is 1.05. The molecule has 21 heavy (non-hydrogen) atoms. The molecule has 0 aliphatic heterocycles. The van der Waals surface area contributed by atoms with E-state index in [0.717, 1.165) is 43.8 Å². The zero-order valence-corrected chi connectivity index (χ0v) is 13.5. The maximum Gasteiger partial charge on any atom is 0.0964 e. The van der Waals surface area contributed by atoms with Crippen LogP contribution in [-0.2, 0) is 13.1 Å². The summed E-state index contributed by atoms with van der Waals surface area (Å²) >= 11 is 0. The number of rotatable bonds is 10. The Morgan fingerprint density at radius 3 is 2.81 bits per heavy atom. The van der Waals surface area contributed by atoms with E-state index in [9.17, 15) is 0 Å². The lowest BCUT2D eigenvalue weighted by atomic mass is 10.2. The van der Waals surface area contributed by atoms with Crippen molar-refractivity contribution in [2.45, 2.75) is 58.7 Å². The van der Waals surface area contributed by atoms with Gasteiger partial charge in [-0.05, 0) is 44.1 Å². The van der Waals surface area contributed by atoms with Crippen molar-refractivity contribution in [2.75, 3.05) is 19.6 Å². The van der Waals surface area contributed by atoms with Crippen molar-refractivity contribution < 1.29 is 0 Å². The third-order valence-corrected chi connectivity index (χ3v) is 4.31. The minimum atomic E-state index is 0.676. The van der Waals surface area contributed by atoms with Crippen molar-refractivity contribution in [1.82, 2.24) is 25.2 Å². The molecule has 5 nitrogen and oxygen atoms in total. The first-order chi connectivity index (χ1) is 10.2. The van der Waals surface area contributed by atoms with Gasteiger partial charge in [-0.2, -0.15) is 0 Å². The smallest absolute Gasteiger partial charge is 0.0964 e. The first-order valence-corrected chi connectivity index (χ1v) is 8.54. The Hall–Kier alpha value is -0.940. The van der Waals surface area contributed by atoms with Gasteiger partial charge in [0.15, 0.2) is 0 Å². The molecule has 0 amide bonds. The second-order valence-electron chi connectivity index (χ2n) is 7.17. The number of hydrogen-bond acceptors (Lipinski definition) is 4. The van der Waals surface area contributed by atoms with Gasteiger partial charge in [0.2, 0.25) is 0 Å². The Kier molecular flexibility index (Phi) is 4.91. The average Bonchev–Trinajstić information content (AvgIpc) is 3.34. The molecular weight excluding hydrogens is 262 g/mol. The fraction of sp³-hybridized carbons (Fsp3) is 0.875. The highest BCUT2D eigenvalue weighted by Gasteiger charge is 2.33. The van der Waals surface area contributed by atoms with Crippen molar-refractivity contribution in [1.29, 1.82) is 0 Å². The van der Waals surface area contributed by atoms with Gasteiger partial charge >= 0.3 is 0 Å². The van der Waals surface area contributed by atoms with Gasteiger partial charge in [0.1, 0.15) is 0 Å². The number of hydrogen-bond donors (Lipinski definition) is 1. The molecule has 1 aromatic rings. The van der Waals surface area contributed by atoms with Gasteiger partial charge in [-0.15, -0.1) is 5.10 Å². The quantitative estimate of drug-likeness (QED) is 0.715. The monoisotopic (exact) mass is 291 g/mol. The van der Waals surface area contributed by atoms with Crippen LogP contribution in [-0.4, -0.2) is 45.6 Å². The standard InChI is InChI=1S/C16H29N5/c1-13(2)9-17-10-15-12-21(19-18-15)8-7-20(16-5-6-16)11-14-3-4-14/h12-14,16-17H,3-11H2,1-2H3. The van der Waals surface area contributed by atoms with Crippen LogP contribution in [0.1, 0.15) is 45.2 Å². The lowest BCUT2D eigenvalue weighted by molar-refractivity contribution is 0.238. The molecule has 5 heteroatoms. The topological polar surface area (TPSA) is 46.0 Å². The highest BCUT2D eigenvalue weighted by molar-refractivity contribution is 4.92. The van der Waals surface area contributed by atoms with Crippen LogP contribution in [0.25, 0.3) is 0 Å². The minimum Gasteiger partial charge on any atom is -0.311 e. The molecule has 1 N–H and O–H groups in total. The summed E-state index contributed by atoms with van der Waals surface area (Å²) in [6.07, 6.45) is 7.77. The molecule has 3 rings (SSSR count). The molecule has 0 bridgehead atoms. The van der Waals surface area contributed by atoms with Crippen LogP contribution in [0.4, 0.5) is 0 Å². The van der Waals surface area contributed by atoms with E-state index in [2.05, 4.69) is 40.6 Å². The van der Waals surface area contributed by atoms with Crippen LogP contribution in [0, 0.1) is 11.8 Å². The van der Waals surface area contributed by atoms with E-state index in [1.807, 2.05) is 4.68 Å². The average molecular weight is 291 g/mol. The molecule has 0 spiro atoms. The third-order valence-electron chi connectivity index (χ3n) is 4.31. The van der Waals surface area contributed by atoms with Crippen molar-refractivity contribution in [2.24, 2.45) is 11.8 Å². The summed E-state index contributed by atoms with van der Waals surface area (Å²) in [6.45, 7) is 9.70. The van der Waals surface area contributed by atoms with Crippen LogP contribution >= 0.6 is 0 Å². The van der Waals surface area contributed by atoms with Gasteiger partial charge in [-0.25, -0.2) is 0 Å². The van der Waals surface area contributed by atoms with Crippen molar-refractivity contribution in [3.05, 3.63) is 11.9 Å². The zero-order valence-electron chi connectivity index (χ0n) is 13.5. The Morgan fingerprint density at radius 1 is 1.33 bits per heavy atom. The number of nitrogens with one attached hydrogen (secondary N) is 1. The first-order valence-electron chi connectivity index (χ1n) is 8.54. The van der Waals surface area contributed by atoms with E-state index in [1.165, 1.54) is 32.2 Å². The van der Waals surface area contributed by atoms with Crippen molar-refractivity contribution >= 4 is 0 Å². The van der Waals surface area contributed by atoms with Gasteiger partial charge in [0.25, 0.3) is 0 Å². The predicted molar refractivity (Wildman–Crippen MR) is 83.9 cm³/mol. The van der Waals surface area contributed by atoms with Crippen LogP contribution in [0.3, 0.4) is 0 Å². The highest BCUT2D eigenvalue weighted by Crippen LogP contribution is 2.34. The first kappa shape index (κ1) is 15.0. The van der Waals surface area contributed by atoms with E-state index in [1.54, 1.807) is 0 Å². The lowest BCUT2D eigenvalue weighted by Gasteiger charge is -2.21. The fourth-order valence-corrected chi connectivity index (χ4v) is 2.74.